The molecule has 2 aromatic heterocycles. The molecule has 0 saturated heterocycles. The van der Waals surface area contributed by atoms with Gasteiger partial charge in [-0.25, -0.2) is 15.0 Å². The number of aromatic nitrogens is 3. The van der Waals surface area contributed by atoms with E-state index < -0.39 is 142 Å². The third kappa shape index (κ3) is 5.69. The van der Waals surface area contributed by atoms with Crippen LogP contribution < -0.4 is 0 Å². The first-order chi connectivity index (χ1) is 32.2. The number of thiophene rings is 1. The molecule has 9 aromatic rings. The molecular formula is C45H29N3S. The Kier molecular flexibility index (Phi) is 3.89. The van der Waals surface area contributed by atoms with E-state index in [4.69, 9.17) is 13.7 Å². The molecule has 2 heterocycles. The highest BCUT2D eigenvalue weighted by molar-refractivity contribution is 7.25. The van der Waals surface area contributed by atoms with Crippen molar-refractivity contribution in [3.63, 3.8) is 0 Å². The number of benzene rings is 7. The van der Waals surface area contributed by atoms with Crippen molar-refractivity contribution in [1.82, 2.24) is 15.0 Å². The second-order valence-electron chi connectivity index (χ2n) is 10.5. The topological polar surface area (TPSA) is 38.7 Å². The van der Waals surface area contributed by atoms with E-state index in [1.807, 2.05) is 12.1 Å². The summed E-state index contributed by atoms with van der Waals surface area (Å²) in [6.07, 6.45) is 0. The summed E-state index contributed by atoms with van der Waals surface area (Å²) in [5.41, 5.74) is -3.34. The zero-order valence-electron chi connectivity index (χ0n) is 44.0. The fraction of sp³-hybridized carbons (Fsp3) is 0. The van der Waals surface area contributed by atoms with Crippen LogP contribution in [0, 0.1) is 0 Å². The molecule has 4 heteroatoms. The number of hydrogen-bond donors (Lipinski definition) is 0. The Morgan fingerprint density at radius 1 is 0.347 bits per heavy atom. The summed E-state index contributed by atoms with van der Waals surface area (Å²) in [7, 11) is 0. The minimum absolute atomic E-state index is 0.00387. The molecular weight excluding hydrogens is 615 g/mol. The van der Waals surface area contributed by atoms with Gasteiger partial charge in [0.25, 0.3) is 0 Å². The summed E-state index contributed by atoms with van der Waals surface area (Å²) in [6.45, 7) is 0. The molecule has 0 radical (unpaired) electrons. The average molecular weight is 663 g/mol. The van der Waals surface area contributed by atoms with E-state index in [0.717, 1.165) is 11.3 Å². The minimum atomic E-state index is -0.935. The van der Waals surface area contributed by atoms with Crippen LogP contribution >= 0.6 is 11.3 Å². The van der Waals surface area contributed by atoms with Gasteiger partial charge in [-0.1, -0.05) is 139 Å². The standard InChI is InChI=1S/C45H29N3S/c1-5-13-30(14-6-1)36-25-37(31-15-7-2-8-16-31)27-38(26-36)34-22-24-41-40(28-34)39-23-21-35(29-42(39)49-41)45-47-43(32-17-9-3-10-18-32)46-44(48-45)33-19-11-4-12-20-33/h1-29H/i1D,2D,5D,6D,7D,8D,13D,14D,15D,16D,21D,22D,23D,24D,25D,26D,27D,28D,29D. The van der Waals surface area contributed by atoms with E-state index in [1.54, 1.807) is 48.5 Å². The van der Waals surface area contributed by atoms with Gasteiger partial charge >= 0.3 is 0 Å². The molecule has 0 aliphatic carbocycles. The van der Waals surface area contributed by atoms with E-state index in [1.165, 1.54) is 0 Å². The first kappa shape index (κ1) is 15.3. The number of rotatable bonds is 6. The van der Waals surface area contributed by atoms with Crippen molar-refractivity contribution in [2.24, 2.45) is 0 Å². The second-order valence-corrected chi connectivity index (χ2v) is 11.6. The van der Waals surface area contributed by atoms with Gasteiger partial charge in [-0.05, 0) is 69.6 Å². The lowest BCUT2D eigenvalue weighted by Crippen LogP contribution is -1.99. The van der Waals surface area contributed by atoms with Gasteiger partial charge < -0.3 is 0 Å². The maximum absolute atomic E-state index is 9.71. The van der Waals surface area contributed by atoms with E-state index in [0.29, 0.717) is 11.1 Å². The van der Waals surface area contributed by atoms with Gasteiger partial charge in [0.2, 0.25) is 0 Å². The average Bonchev–Trinajstić information content (AvgIpc) is 3.75. The quantitative estimate of drug-likeness (QED) is 0.178. The third-order valence-electron chi connectivity index (χ3n) is 7.43. The van der Waals surface area contributed by atoms with Crippen LogP contribution in [0.1, 0.15) is 26.0 Å². The van der Waals surface area contributed by atoms with Gasteiger partial charge in [0.1, 0.15) is 0 Å². The highest BCUT2D eigenvalue weighted by Crippen LogP contribution is 2.40. The Bertz CT molecular complexity index is 3460. The van der Waals surface area contributed by atoms with Crippen molar-refractivity contribution < 1.29 is 26.0 Å². The smallest absolute Gasteiger partial charge is 0.164 e. The van der Waals surface area contributed by atoms with Crippen LogP contribution in [0.5, 0.6) is 0 Å². The maximum Gasteiger partial charge on any atom is 0.164 e. The monoisotopic (exact) mass is 662 g/mol. The Hall–Kier alpha value is -6.23. The fourth-order valence-corrected chi connectivity index (χ4v) is 6.11. The Morgan fingerprint density at radius 2 is 0.837 bits per heavy atom. The van der Waals surface area contributed by atoms with Crippen LogP contribution in [-0.4, -0.2) is 15.0 Å². The first-order valence-corrected chi connectivity index (χ1v) is 15.6. The molecule has 0 amide bonds. The predicted octanol–water partition coefficient (Wildman–Crippen LogP) is 12.2. The summed E-state index contributed by atoms with van der Waals surface area (Å²) in [6, 6.07) is 2.85. The summed E-state index contributed by atoms with van der Waals surface area (Å²) < 4.78 is 170. The Morgan fingerprint density at radius 3 is 1.39 bits per heavy atom. The number of fused-ring (bicyclic) bond motifs is 3. The van der Waals surface area contributed by atoms with Crippen molar-refractivity contribution >= 4 is 31.5 Å². The minimum Gasteiger partial charge on any atom is -0.208 e. The fourth-order valence-electron chi connectivity index (χ4n) is 5.14. The van der Waals surface area contributed by atoms with Gasteiger partial charge in [0.05, 0.1) is 26.0 Å². The van der Waals surface area contributed by atoms with Crippen LogP contribution in [0.3, 0.4) is 0 Å². The SMILES string of the molecule is [2H]c1c([2H])c([2H])c(-c2c([2H])c(-c3c([2H])c([2H])c([2H])c([2H])c3[2H])c([2H])c(-c3c([2H])c([2H])c4sc5c([2H])c(-c6nc(-c7ccccc7)nc(-c7ccccc7)n6)c([2H])c([2H])c5c4c3[2H])c2[2H])c([2H])c1[2H]. The Balaban J connectivity index is 1.40. The molecule has 49 heavy (non-hydrogen) atoms. The van der Waals surface area contributed by atoms with Crippen molar-refractivity contribution in [1.29, 1.82) is 0 Å². The molecule has 230 valence electrons. The molecule has 0 aliphatic rings. The molecule has 0 aliphatic heterocycles. The molecule has 0 N–H and O–H groups in total. The lowest BCUT2D eigenvalue weighted by molar-refractivity contribution is 1.07. The molecule has 9 rings (SSSR count). The van der Waals surface area contributed by atoms with Crippen LogP contribution in [0.15, 0.2) is 175 Å². The zero-order valence-corrected chi connectivity index (χ0v) is 25.8. The van der Waals surface area contributed by atoms with Crippen molar-refractivity contribution in [3.05, 3.63) is 175 Å². The summed E-state index contributed by atoms with van der Waals surface area (Å²) in [5, 5.41) is -0.399. The largest absolute Gasteiger partial charge is 0.208 e. The molecule has 0 unspecified atom stereocenters. The van der Waals surface area contributed by atoms with E-state index >= 15 is 0 Å². The van der Waals surface area contributed by atoms with Gasteiger partial charge in [-0.2, -0.15) is 0 Å². The zero-order chi connectivity index (χ0) is 49.1. The summed E-state index contributed by atoms with van der Waals surface area (Å²) in [4.78, 5) is 14.0. The van der Waals surface area contributed by atoms with Gasteiger partial charge in [-0.15, -0.1) is 11.3 Å². The Labute approximate surface area is 315 Å². The molecule has 0 spiro atoms. The predicted molar refractivity (Wildman–Crippen MR) is 205 cm³/mol. The van der Waals surface area contributed by atoms with Gasteiger partial charge in [0, 0.05) is 36.9 Å². The summed E-state index contributed by atoms with van der Waals surface area (Å²) in [5.74, 6) is 0.306. The van der Waals surface area contributed by atoms with E-state index in [9.17, 15) is 12.3 Å². The molecule has 0 bridgehead atoms. The number of hydrogen-bond acceptors (Lipinski definition) is 4. The van der Waals surface area contributed by atoms with Crippen LogP contribution in [0.25, 0.3) is 87.7 Å². The third-order valence-corrected chi connectivity index (χ3v) is 8.45. The molecule has 3 nitrogen and oxygen atoms in total. The molecule has 0 saturated carbocycles. The van der Waals surface area contributed by atoms with Crippen LogP contribution in [0.2, 0.25) is 0 Å². The van der Waals surface area contributed by atoms with Crippen molar-refractivity contribution in [2.75, 3.05) is 0 Å². The second kappa shape index (κ2) is 12.4. The maximum atomic E-state index is 9.71. The van der Waals surface area contributed by atoms with Gasteiger partial charge in [0.15, 0.2) is 17.5 Å². The summed E-state index contributed by atoms with van der Waals surface area (Å²) >= 11 is 0.776. The highest BCUT2D eigenvalue weighted by atomic mass is 32.1. The van der Waals surface area contributed by atoms with Crippen molar-refractivity contribution in [3.8, 4) is 67.5 Å². The van der Waals surface area contributed by atoms with E-state index in [-0.39, 0.29) is 49.3 Å². The number of nitrogens with zero attached hydrogens (tertiary/aromatic N) is 3. The van der Waals surface area contributed by atoms with Crippen molar-refractivity contribution in [2.45, 2.75) is 0 Å². The van der Waals surface area contributed by atoms with Gasteiger partial charge in [-0.3, -0.25) is 0 Å². The normalized spacial score (nSPS) is 16.7. The van der Waals surface area contributed by atoms with Crippen LogP contribution in [-0.2, 0) is 0 Å². The lowest BCUT2D eigenvalue weighted by atomic mass is 9.93. The molecule has 0 atom stereocenters. The highest BCUT2D eigenvalue weighted by Gasteiger charge is 2.15. The van der Waals surface area contributed by atoms with E-state index in [2.05, 4.69) is 15.0 Å². The molecule has 7 aromatic carbocycles. The molecule has 0 fully saturated rings. The van der Waals surface area contributed by atoms with Crippen LogP contribution in [0.4, 0.5) is 0 Å². The lowest BCUT2D eigenvalue weighted by Gasteiger charge is -2.11. The first-order valence-electron chi connectivity index (χ1n) is 24.3.